The van der Waals surface area contributed by atoms with E-state index < -0.39 is 0 Å². The van der Waals surface area contributed by atoms with Crippen LogP contribution in [0.5, 0.6) is 0 Å². The Hall–Kier alpha value is -1.55. The SMILES string of the molecule is O=C(c1ccncn1)c1cccs1. The van der Waals surface area contributed by atoms with E-state index >= 15 is 0 Å². The van der Waals surface area contributed by atoms with Crippen LogP contribution >= 0.6 is 11.3 Å². The minimum Gasteiger partial charge on any atom is -0.286 e. The molecule has 0 fully saturated rings. The third kappa shape index (κ3) is 1.62. The van der Waals surface area contributed by atoms with Crippen LogP contribution in [0.25, 0.3) is 0 Å². The van der Waals surface area contributed by atoms with Gasteiger partial charge in [0.2, 0.25) is 5.78 Å². The van der Waals surface area contributed by atoms with Crippen molar-refractivity contribution in [1.29, 1.82) is 0 Å². The fraction of sp³-hybridized carbons (Fsp3) is 0. The van der Waals surface area contributed by atoms with Crippen LogP contribution in [-0.4, -0.2) is 15.8 Å². The van der Waals surface area contributed by atoms with Crippen molar-refractivity contribution >= 4 is 17.1 Å². The first-order chi connectivity index (χ1) is 6.38. The molecule has 0 saturated heterocycles. The van der Waals surface area contributed by atoms with Gasteiger partial charge >= 0.3 is 0 Å². The summed E-state index contributed by atoms with van der Waals surface area (Å²) in [6.45, 7) is 0. The van der Waals surface area contributed by atoms with Crippen LogP contribution in [0.2, 0.25) is 0 Å². The van der Waals surface area contributed by atoms with Gasteiger partial charge in [-0.3, -0.25) is 4.79 Å². The standard InChI is InChI=1S/C9H6N2OS/c12-9(8-2-1-5-13-8)7-3-4-10-6-11-7/h1-6H. The van der Waals surface area contributed by atoms with Crippen LogP contribution in [-0.2, 0) is 0 Å². The predicted octanol–water partition coefficient (Wildman–Crippen LogP) is 1.77. The average molecular weight is 190 g/mol. The molecule has 0 atom stereocenters. The number of rotatable bonds is 2. The fourth-order valence-electron chi connectivity index (χ4n) is 0.959. The summed E-state index contributed by atoms with van der Waals surface area (Å²) in [5.41, 5.74) is 0.442. The zero-order valence-electron chi connectivity index (χ0n) is 6.68. The fourth-order valence-corrected chi connectivity index (χ4v) is 1.63. The molecule has 0 unspecified atom stereocenters. The first kappa shape index (κ1) is 8.07. The summed E-state index contributed by atoms with van der Waals surface area (Å²) in [5, 5.41) is 1.87. The molecule has 4 heteroatoms. The number of aromatic nitrogens is 2. The van der Waals surface area contributed by atoms with Gasteiger partial charge in [0.15, 0.2) is 0 Å². The number of carbonyl (C=O) groups excluding carboxylic acids is 1. The summed E-state index contributed by atoms with van der Waals surface area (Å²) in [6.07, 6.45) is 2.94. The molecule has 0 bridgehead atoms. The van der Waals surface area contributed by atoms with Gasteiger partial charge in [-0.25, -0.2) is 9.97 Å². The van der Waals surface area contributed by atoms with Gasteiger partial charge in [0.05, 0.1) is 4.88 Å². The van der Waals surface area contributed by atoms with Crippen molar-refractivity contribution in [3.8, 4) is 0 Å². The van der Waals surface area contributed by atoms with E-state index in [0.29, 0.717) is 10.6 Å². The number of hydrogen-bond donors (Lipinski definition) is 0. The van der Waals surface area contributed by atoms with E-state index in [-0.39, 0.29) is 5.78 Å². The lowest BCUT2D eigenvalue weighted by molar-refractivity contribution is 0.103. The molecular formula is C9H6N2OS. The van der Waals surface area contributed by atoms with Crippen LogP contribution in [0.3, 0.4) is 0 Å². The van der Waals surface area contributed by atoms with Crippen LogP contribution in [0.15, 0.2) is 36.1 Å². The molecule has 0 saturated carbocycles. The monoisotopic (exact) mass is 190 g/mol. The van der Waals surface area contributed by atoms with Crippen molar-refractivity contribution in [3.05, 3.63) is 46.7 Å². The molecule has 2 heterocycles. The maximum absolute atomic E-state index is 11.6. The Kier molecular flexibility index (Phi) is 2.14. The van der Waals surface area contributed by atoms with Gasteiger partial charge in [0.25, 0.3) is 0 Å². The smallest absolute Gasteiger partial charge is 0.221 e. The first-order valence-corrected chi connectivity index (χ1v) is 4.60. The van der Waals surface area contributed by atoms with Crippen LogP contribution in [0, 0.1) is 0 Å². The van der Waals surface area contributed by atoms with E-state index in [0.717, 1.165) is 0 Å². The molecule has 13 heavy (non-hydrogen) atoms. The Morgan fingerprint density at radius 3 is 2.92 bits per heavy atom. The second-order valence-corrected chi connectivity index (χ2v) is 3.35. The number of thiophene rings is 1. The average Bonchev–Trinajstić information content (AvgIpc) is 2.71. The van der Waals surface area contributed by atoms with Crippen molar-refractivity contribution in [2.24, 2.45) is 0 Å². The highest BCUT2D eigenvalue weighted by molar-refractivity contribution is 7.12. The highest BCUT2D eigenvalue weighted by atomic mass is 32.1. The minimum atomic E-state index is -0.0441. The molecule has 2 aromatic rings. The molecule has 64 valence electrons. The summed E-state index contributed by atoms with van der Waals surface area (Å²) >= 11 is 1.42. The van der Waals surface area contributed by atoms with Crippen LogP contribution < -0.4 is 0 Å². The Balaban J connectivity index is 2.34. The van der Waals surface area contributed by atoms with Gasteiger partial charge in [-0.05, 0) is 17.5 Å². The van der Waals surface area contributed by atoms with Gasteiger partial charge < -0.3 is 0 Å². The molecule has 0 aromatic carbocycles. The van der Waals surface area contributed by atoms with Crippen molar-refractivity contribution < 1.29 is 4.79 Å². The Morgan fingerprint density at radius 1 is 1.38 bits per heavy atom. The lowest BCUT2D eigenvalue weighted by atomic mass is 10.2. The largest absolute Gasteiger partial charge is 0.286 e. The van der Waals surface area contributed by atoms with Gasteiger partial charge in [-0.1, -0.05) is 6.07 Å². The molecule has 0 N–H and O–H groups in total. The van der Waals surface area contributed by atoms with Crippen LogP contribution in [0.1, 0.15) is 15.4 Å². The third-order valence-corrected chi connectivity index (χ3v) is 2.43. The highest BCUT2D eigenvalue weighted by Crippen LogP contribution is 2.12. The number of ketones is 1. The molecule has 0 aliphatic rings. The van der Waals surface area contributed by atoms with Crippen molar-refractivity contribution in [2.45, 2.75) is 0 Å². The molecule has 2 rings (SSSR count). The maximum atomic E-state index is 11.6. The number of nitrogens with zero attached hydrogens (tertiary/aromatic N) is 2. The zero-order chi connectivity index (χ0) is 9.10. The summed E-state index contributed by atoms with van der Waals surface area (Å²) in [4.78, 5) is 20.0. The summed E-state index contributed by atoms with van der Waals surface area (Å²) in [6, 6.07) is 5.25. The summed E-state index contributed by atoms with van der Waals surface area (Å²) in [7, 11) is 0. The Bertz CT molecular complexity index is 397. The topological polar surface area (TPSA) is 42.9 Å². The van der Waals surface area contributed by atoms with Gasteiger partial charge in [-0.15, -0.1) is 11.3 Å². The molecule has 0 amide bonds. The van der Waals surface area contributed by atoms with Crippen molar-refractivity contribution in [2.75, 3.05) is 0 Å². The number of carbonyl (C=O) groups is 1. The van der Waals surface area contributed by atoms with E-state index in [2.05, 4.69) is 9.97 Å². The third-order valence-electron chi connectivity index (χ3n) is 1.56. The molecule has 0 aliphatic carbocycles. The van der Waals surface area contributed by atoms with E-state index in [1.54, 1.807) is 18.3 Å². The van der Waals surface area contributed by atoms with Gasteiger partial charge in [0, 0.05) is 6.20 Å². The second-order valence-electron chi connectivity index (χ2n) is 2.40. The maximum Gasteiger partial charge on any atom is 0.221 e. The second kappa shape index (κ2) is 3.45. The Labute approximate surface area is 79.1 Å². The normalized spacial score (nSPS) is 9.85. The quantitative estimate of drug-likeness (QED) is 0.678. The molecule has 3 nitrogen and oxygen atoms in total. The summed E-state index contributed by atoms with van der Waals surface area (Å²) in [5.74, 6) is -0.0441. The first-order valence-electron chi connectivity index (χ1n) is 3.72. The van der Waals surface area contributed by atoms with E-state index in [4.69, 9.17) is 0 Å². The molecule has 0 spiro atoms. The molecular weight excluding hydrogens is 184 g/mol. The van der Waals surface area contributed by atoms with E-state index in [1.807, 2.05) is 11.4 Å². The predicted molar refractivity (Wildman–Crippen MR) is 49.8 cm³/mol. The lowest BCUT2D eigenvalue weighted by Gasteiger charge is -1.94. The molecule has 2 aromatic heterocycles. The lowest BCUT2D eigenvalue weighted by Crippen LogP contribution is -2.01. The molecule has 0 aliphatic heterocycles. The molecule has 0 radical (unpaired) electrons. The minimum absolute atomic E-state index is 0.0441. The van der Waals surface area contributed by atoms with Gasteiger partial charge in [-0.2, -0.15) is 0 Å². The van der Waals surface area contributed by atoms with Crippen LogP contribution in [0.4, 0.5) is 0 Å². The Morgan fingerprint density at radius 2 is 2.31 bits per heavy atom. The van der Waals surface area contributed by atoms with Crippen molar-refractivity contribution in [1.82, 2.24) is 9.97 Å². The van der Waals surface area contributed by atoms with Gasteiger partial charge in [0.1, 0.15) is 12.0 Å². The highest BCUT2D eigenvalue weighted by Gasteiger charge is 2.09. The summed E-state index contributed by atoms with van der Waals surface area (Å²) < 4.78 is 0. The number of hydrogen-bond acceptors (Lipinski definition) is 4. The van der Waals surface area contributed by atoms with Crippen molar-refractivity contribution in [3.63, 3.8) is 0 Å². The zero-order valence-corrected chi connectivity index (χ0v) is 7.49. The van der Waals surface area contributed by atoms with E-state index in [1.165, 1.54) is 17.7 Å². The van der Waals surface area contributed by atoms with E-state index in [9.17, 15) is 4.79 Å².